The Labute approximate surface area is 139 Å². The van der Waals surface area contributed by atoms with Gasteiger partial charge in [0.15, 0.2) is 0 Å². The molecular formula is C9H18Br2N5O4P. The van der Waals surface area contributed by atoms with Crippen LogP contribution in [0.25, 0.3) is 0 Å². The molecule has 1 unspecified atom stereocenters. The van der Waals surface area contributed by atoms with Gasteiger partial charge in [0.25, 0.3) is 0 Å². The Morgan fingerprint density at radius 1 is 1.48 bits per heavy atom. The van der Waals surface area contributed by atoms with E-state index in [9.17, 15) is 9.77 Å². The van der Waals surface area contributed by atoms with Gasteiger partial charge in [-0.25, -0.2) is 15.4 Å². The molecule has 4 N–H and O–H groups in total. The fourth-order valence-electron chi connectivity index (χ4n) is 1.46. The molecule has 122 valence electrons. The van der Waals surface area contributed by atoms with Crippen molar-refractivity contribution >= 4 is 45.5 Å². The third-order valence-electron chi connectivity index (χ3n) is 2.50. The molecule has 1 aromatic heterocycles. The first-order valence-electron chi connectivity index (χ1n) is 6.04. The van der Waals surface area contributed by atoms with Crippen LogP contribution < -0.4 is 15.4 Å². The van der Waals surface area contributed by atoms with Crippen molar-refractivity contribution in [3.63, 3.8) is 0 Å². The zero-order valence-corrected chi connectivity index (χ0v) is 15.4. The topological polar surface area (TPSA) is 116 Å². The van der Waals surface area contributed by atoms with E-state index in [1.54, 1.807) is 7.05 Å². The maximum absolute atomic E-state index is 12.5. The molecule has 0 radical (unpaired) electrons. The largest absolute Gasteiger partial charge is 0.592 e. The lowest BCUT2D eigenvalue weighted by Crippen LogP contribution is -3.00. The molecule has 9 nitrogen and oxygen atoms in total. The van der Waals surface area contributed by atoms with Crippen molar-refractivity contribution in [3.05, 3.63) is 17.1 Å². The number of imidazole rings is 1. The normalized spacial score (nSPS) is 13.6. The number of hydrogen-bond acceptors (Lipinski definition) is 5. The van der Waals surface area contributed by atoms with Gasteiger partial charge in [0.05, 0.1) is 18.5 Å². The minimum atomic E-state index is -3.20. The van der Waals surface area contributed by atoms with Crippen molar-refractivity contribution in [2.45, 2.75) is 6.61 Å². The summed E-state index contributed by atoms with van der Waals surface area (Å²) in [5, 5.41) is 25.6. The monoisotopic (exact) mass is 449 g/mol. The average Bonchev–Trinajstić information content (AvgIpc) is 2.82. The SMILES string of the molecule is Cn1c(COP(=O)(NCCBr)NCCBr)cnc1[NH+]([O-])O. The zero-order valence-electron chi connectivity index (χ0n) is 11.4. The van der Waals surface area contributed by atoms with Crippen molar-refractivity contribution in [3.8, 4) is 0 Å². The summed E-state index contributed by atoms with van der Waals surface area (Å²) in [6.07, 6.45) is 1.39. The van der Waals surface area contributed by atoms with E-state index in [4.69, 9.17) is 9.73 Å². The molecule has 1 atom stereocenters. The Morgan fingerprint density at radius 2 is 2.05 bits per heavy atom. The molecule has 0 aliphatic rings. The Morgan fingerprint density at radius 3 is 2.48 bits per heavy atom. The summed E-state index contributed by atoms with van der Waals surface area (Å²) in [6.45, 7) is 0.926. The van der Waals surface area contributed by atoms with Gasteiger partial charge in [-0.1, -0.05) is 31.9 Å². The van der Waals surface area contributed by atoms with Gasteiger partial charge in [0.2, 0.25) is 0 Å². The molecule has 1 rings (SSSR count). The van der Waals surface area contributed by atoms with Crippen molar-refractivity contribution in [2.24, 2.45) is 7.05 Å². The van der Waals surface area contributed by atoms with Crippen LogP contribution in [0.1, 0.15) is 5.69 Å². The lowest BCUT2D eigenvalue weighted by atomic mass is 10.5. The van der Waals surface area contributed by atoms with Gasteiger partial charge in [-0.05, 0) is 0 Å². The lowest BCUT2D eigenvalue weighted by molar-refractivity contribution is -0.995. The summed E-state index contributed by atoms with van der Waals surface area (Å²) < 4.78 is 19.3. The minimum absolute atomic E-state index is 0.0152. The molecule has 0 saturated carbocycles. The highest BCUT2D eigenvalue weighted by Crippen LogP contribution is 2.38. The number of nitrogens with one attached hydrogen (secondary N) is 3. The van der Waals surface area contributed by atoms with E-state index >= 15 is 0 Å². The van der Waals surface area contributed by atoms with Gasteiger partial charge in [-0.15, -0.1) is 0 Å². The van der Waals surface area contributed by atoms with E-state index in [-0.39, 0.29) is 12.6 Å². The van der Waals surface area contributed by atoms with Crippen LogP contribution in [0.4, 0.5) is 5.95 Å². The molecular weight excluding hydrogens is 433 g/mol. The summed E-state index contributed by atoms with van der Waals surface area (Å²) in [7, 11) is -1.63. The van der Waals surface area contributed by atoms with Crippen LogP contribution in [0.5, 0.6) is 0 Å². The molecule has 0 bridgehead atoms. The molecule has 0 aromatic carbocycles. The highest BCUT2D eigenvalue weighted by molar-refractivity contribution is 9.09. The zero-order chi connectivity index (χ0) is 15.9. The summed E-state index contributed by atoms with van der Waals surface area (Å²) in [4.78, 5) is 3.78. The fourth-order valence-corrected chi connectivity index (χ4v) is 3.89. The summed E-state index contributed by atoms with van der Waals surface area (Å²) in [5.41, 5.74) is 0.522. The number of quaternary nitrogens is 1. The maximum Gasteiger partial charge on any atom is 0.341 e. The lowest BCUT2D eigenvalue weighted by Gasteiger charge is -2.20. The second kappa shape index (κ2) is 9.33. The van der Waals surface area contributed by atoms with Crippen molar-refractivity contribution in [1.82, 2.24) is 19.7 Å². The van der Waals surface area contributed by atoms with E-state index in [0.717, 1.165) is 0 Å². The Hall–Kier alpha value is 0.160. The van der Waals surface area contributed by atoms with Gasteiger partial charge >= 0.3 is 13.6 Å². The van der Waals surface area contributed by atoms with Crippen molar-refractivity contribution < 1.29 is 19.5 Å². The predicted octanol–water partition coefficient (Wildman–Crippen LogP) is 0.417. The van der Waals surface area contributed by atoms with E-state index in [1.165, 1.54) is 10.8 Å². The molecule has 0 aliphatic heterocycles. The van der Waals surface area contributed by atoms with Crippen molar-refractivity contribution in [2.75, 3.05) is 23.7 Å². The number of rotatable bonds is 10. The van der Waals surface area contributed by atoms with Crippen LogP contribution in [0.3, 0.4) is 0 Å². The number of alkyl halides is 2. The Balaban J connectivity index is 2.70. The number of aromatic nitrogens is 2. The fraction of sp³-hybridized carbons (Fsp3) is 0.667. The summed E-state index contributed by atoms with van der Waals surface area (Å²) in [5.74, 6) is -0.0923. The van der Waals surface area contributed by atoms with E-state index in [0.29, 0.717) is 29.4 Å². The molecule has 0 amide bonds. The molecule has 0 aliphatic carbocycles. The van der Waals surface area contributed by atoms with Gasteiger partial charge in [-0.3, -0.25) is 13.7 Å². The third kappa shape index (κ3) is 6.05. The number of hydrogen-bond donors (Lipinski definition) is 4. The van der Waals surface area contributed by atoms with Crippen LogP contribution >= 0.6 is 39.5 Å². The second-order valence-electron chi connectivity index (χ2n) is 3.96. The molecule has 21 heavy (non-hydrogen) atoms. The van der Waals surface area contributed by atoms with Crippen LogP contribution in [-0.4, -0.2) is 38.5 Å². The molecule has 1 heterocycles. The molecule has 0 saturated heterocycles. The van der Waals surface area contributed by atoms with Gasteiger partial charge in [-0.2, -0.15) is 10.2 Å². The van der Waals surface area contributed by atoms with Gasteiger partial charge in [0.1, 0.15) is 0 Å². The molecule has 12 heteroatoms. The van der Waals surface area contributed by atoms with E-state index in [1.807, 2.05) is 0 Å². The average molecular weight is 451 g/mol. The highest BCUT2D eigenvalue weighted by atomic mass is 79.9. The quantitative estimate of drug-likeness (QED) is 0.232. The molecule has 0 fully saturated rings. The first kappa shape index (κ1) is 19.2. The van der Waals surface area contributed by atoms with Crippen LogP contribution in [0, 0.1) is 5.21 Å². The minimum Gasteiger partial charge on any atom is -0.592 e. The molecule has 1 aromatic rings. The van der Waals surface area contributed by atoms with Crippen LogP contribution in [0.2, 0.25) is 0 Å². The van der Waals surface area contributed by atoms with Crippen LogP contribution in [-0.2, 0) is 22.7 Å². The van der Waals surface area contributed by atoms with Crippen LogP contribution in [0.15, 0.2) is 6.20 Å². The summed E-state index contributed by atoms with van der Waals surface area (Å²) >= 11 is 6.48. The first-order chi connectivity index (χ1) is 9.93. The Kier molecular flexibility index (Phi) is 8.54. The van der Waals surface area contributed by atoms with Crippen molar-refractivity contribution in [1.29, 1.82) is 0 Å². The highest BCUT2D eigenvalue weighted by Gasteiger charge is 2.23. The molecule has 0 spiro atoms. The number of halogens is 2. The van der Waals surface area contributed by atoms with Gasteiger partial charge < -0.3 is 5.21 Å². The summed E-state index contributed by atoms with van der Waals surface area (Å²) in [6, 6.07) is 0. The Bertz CT molecular complexity index is 475. The maximum atomic E-state index is 12.5. The second-order valence-corrected chi connectivity index (χ2v) is 7.54. The standard InChI is InChI=1S/C9H18Br2N5O4P/c1-15-8(6-12-9(15)16(17)18)7-20-21(19,13-4-2-10)14-5-3-11/h6,16-17H,2-5,7H2,1H3,(H2,13,14,19). The first-order valence-corrected chi connectivity index (χ1v) is 9.91. The predicted molar refractivity (Wildman–Crippen MR) is 85.0 cm³/mol. The smallest absolute Gasteiger partial charge is 0.341 e. The number of nitrogens with zero attached hydrogens (tertiary/aromatic N) is 2. The van der Waals surface area contributed by atoms with E-state index < -0.39 is 12.9 Å². The van der Waals surface area contributed by atoms with E-state index in [2.05, 4.69) is 47.0 Å². The van der Waals surface area contributed by atoms with Gasteiger partial charge in [0, 0.05) is 30.8 Å². The third-order valence-corrected chi connectivity index (χ3v) is 5.06.